The van der Waals surface area contributed by atoms with Crippen LogP contribution < -0.4 is 5.56 Å². The average molecular weight is 318 g/mol. The predicted molar refractivity (Wildman–Crippen MR) is 87.9 cm³/mol. The molecule has 118 valence electrons. The molecule has 0 aliphatic heterocycles. The van der Waals surface area contributed by atoms with Gasteiger partial charge in [-0.15, -0.1) is 5.10 Å². The smallest absolute Gasteiger partial charge is 0.250 e. The highest BCUT2D eigenvalue weighted by Gasteiger charge is 2.15. The maximum atomic E-state index is 11.6. The van der Waals surface area contributed by atoms with Crippen molar-refractivity contribution < 1.29 is 0 Å². The van der Waals surface area contributed by atoms with E-state index in [1.54, 1.807) is 35.6 Å². The standard InChI is InChI=1S/C16H22N4OS/c1-20-9-8-13(10-15(20)21)11-22-16-17-14(18-19-16)7-6-12-4-2-3-5-12/h8-10,12H,2-7,11H2,1H3,(H,17,18,19). The molecule has 22 heavy (non-hydrogen) atoms. The number of rotatable bonds is 6. The summed E-state index contributed by atoms with van der Waals surface area (Å²) in [7, 11) is 1.76. The van der Waals surface area contributed by atoms with Gasteiger partial charge >= 0.3 is 0 Å². The quantitative estimate of drug-likeness (QED) is 0.832. The summed E-state index contributed by atoms with van der Waals surface area (Å²) in [6.45, 7) is 0. The van der Waals surface area contributed by atoms with Gasteiger partial charge in [-0.05, 0) is 24.0 Å². The number of pyridine rings is 1. The first kappa shape index (κ1) is 15.3. The Balaban J connectivity index is 1.50. The zero-order chi connectivity index (χ0) is 15.4. The van der Waals surface area contributed by atoms with Gasteiger partial charge in [0.05, 0.1) is 0 Å². The number of nitrogens with one attached hydrogen (secondary N) is 1. The van der Waals surface area contributed by atoms with E-state index in [-0.39, 0.29) is 5.56 Å². The van der Waals surface area contributed by atoms with Gasteiger partial charge in [0.1, 0.15) is 5.82 Å². The Labute approximate surface area is 134 Å². The summed E-state index contributed by atoms with van der Waals surface area (Å²) in [4.78, 5) is 16.1. The molecule has 0 amide bonds. The molecule has 0 bridgehead atoms. The highest BCUT2D eigenvalue weighted by molar-refractivity contribution is 7.98. The summed E-state index contributed by atoms with van der Waals surface area (Å²) in [6, 6.07) is 3.63. The van der Waals surface area contributed by atoms with E-state index in [1.807, 2.05) is 6.07 Å². The number of hydrogen-bond donors (Lipinski definition) is 1. The summed E-state index contributed by atoms with van der Waals surface area (Å²) in [5, 5.41) is 8.06. The SMILES string of the molecule is Cn1ccc(CSc2n[nH]c(CCC3CCCC3)n2)cc1=O. The third-order valence-electron chi connectivity index (χ3n) is 4.31. The van der Waals surface area contributed by atoms with Crippen LogP contribution in [-0.4, -0.2) is 19.7 Å². The molecule has 1 aliphatic rings. The monoisotopic (exact) mass is 318 g/mol. The van der Waals surface area contributed by atoms with Gasteiger partial charge in [-0.1, -0.05) is 37.4 Å². The van der Waals surface area contributed by atoms with Crippen molar-refractivity contribution in [3.63, 3.8) is 0 Å². The predicted octanol–water partition coefficient (Wildman–Crippen LogP) is 2.92. The summed E-state index contributed by atoms with van der Waals surface area (Å²) >= 11 is 1.57. The lowest BCUT2D eigenvalue weighted by atomic mass is 10.0. The van der Waals surface area contributed by atoms with Crippen molar-refractivity contribution in [2.75, 3.05) is 0 Å². The molecule has 5 nitrogen and oxygen atoms in total. The van der Waals surface area contributed by atoms with Gasteiger partial charge in [-0.25, -0.2) is 4.98 Å². The molecule has 1 aliphatic carbocycles. The Kier molecular flexibility index (Phi) is 4.97. The minimum absolute atomic E-state index is 0.0188. The van der Waals surface area contributed by atoms with Gasteiger partial charge in [-0.2, -0.15) is 0 Å². The number of aromatic nitrogens is 4. The summed E-state index contributed by atoms with van der Waals surface area (Å²) < 4.78 is 1.57. The second-order valence-corrected chi connectivity index (χ2v) is 6.97. The second kappa shape index (κ2) is 7.13. The van der Waals surface area contributed by atoms with E-state index < -0.39 is 0 Å². The van der Waals surface area contributed by atoms with Crippen molar-refractivity contribution in [1.29, 1.82) is 0 Å². The molecule has 0 spiro atoms. The van der Waals surface area contributed by atoms with Crippen LogP contribution in [0.15, 0.2) is 28.3 Å². The minimum atomic E-state index is 0.0188. The fourth-order valence-electron chi connectivity index (χ4n) is 2.92. The second-order valence-electron chi connectivity index (χ2n) is 6.03. The first-order valence-corrected chi connectivity index (χ1v) is 8.89. The summed E-state index contributed by atoms with van der Waals surface area (Å²) in [5.74, 6) is 2.58. The average Bonchev–Trinajstić information content (AvgIpc) is 3.17. The van der Waals surface area contributed by atoms with E-state index in [9.17, 15) is 4.79 Å². The molecule has 3 rings (SSSR count). The van der Waals surface area contributed by atoms with Crippen LogP contribution >= 0.6 is 11.8 Å². The Morgan fingerprint density at radius 3 is 3.00 bits per heavy atom. The molecular weight excluding hydrogens is 296 g/mol. The molecule has 2 aromatic heterocycles. The maximum absolute atomic E-state index is 11.6. The van der Waals surface area contributed by atoms with Crippen LogP contribution in [-0.2, 0) is 19.2 Å². The van der Waals surface area contributed by atoms with Gasteiger partial charge in [0.25, 0.3) is 5.56 Å². The van der Waals surface area contributed by atoms with Crippen LogP contribution in [0.1, 0.15) is 43.5 Å². The van der Waals surface area contributed by atoms with Gasteiger partial charge in [0.15, 0.2) is 0 Å². The first-order valence-electron chi connectivity index (χ1n) is 7.90. The Morgan fingerprint density at radius 2 is 2.23 bits per heavy atom. The fraction of sp³-hybridized carbons (Fsp3) is 0.562. The molecular formula is C16H22N4OS. The lowest BCUT2D eigenvalue weighted by Gasteiger charge is -2.05. The zero-order valence-corrected chi connectivity index (χ0v) is 13.7. The number of thioether (sulfide) groups is 1. The molecule has 0 atom stereocenters. The summed E-state index contributed by atoms with van der Waals surface area (Å²) in [5.41, 5.74) is 1.02. The van der Waals surface area contributed by atoms with Gasteiger partial charge in [0, 0.05) is 31.5 Å². The largest absolute Gasteiger partial charge is 0.319 e. The highest BCUT2D eigenvalue weighted by Crippen LogP contribution is 2.28. The first-order chi connectivity index (χ1) is 10.7. The number of aromatic amines is 1. The summed E-state index contributed by atoms with van der Waals surface area (Å²) in [6.07, 6.45) is 9.52. The molecule has 1 saturated carbocycles. The Hall–Kier alpha value is -1.56. The van der Waals surface area contributed by atoms with Crippen LogP contribution in [0.2, 0.25) is 0 Å². The number of H-pyrrole nitrogens is 1. The number of aryl methyl sites for hydroxylation is 2. The van der Waals surface area contributed by atoms with Crippen LogP contribution in [0.25, 0.3) is 0 Å². The van der Waals surface area contributed by atoms with Crippen LogP contribution in [0.5, 0.6) is 0 Å². The topological polar surface area (TPSA) is 63.6 Å². The van der Waals surface area contributed by atoms with E-state index in [2.05, 4.69) is 15.2 Å². The van der Waals surface area contributed by atoms with Crippen LogP contribution in [0.4, 0.5) is 0 Å². The van der Waals surface area contributed by atoms with Crippen molar-refractivity contribution in [2.45, 2.75) is 49.4 Å². The maximum Gasteiger partial charge on any atom is 0.250 e. The van der Waals surface area contributed by atoms with E-state index in [0.717, 1.165) is 34.6 Å². The van der Waals surface area contributed by atoms with Crippen molar-refractivity contribution in [3.05, 3.63) is 40.1 Å². The zero-order valence-electron chi connectivity index (χ0n) is 12.9. The lowest BCUT2D eigenvalue weighted by molar-refractivity contribution is 0.497. The normalized spacial score (nSPS) is 15.5. The van der Waals surface area contributed by atoms with E-state index in [1.165, 1.54) is 32.1 Å². The molecule has 6 heteroatoms. The Bertz CT molecular complexity index is 673. The third-order valence-corrected chi connectivity index (χ3v) is 5.23. The highest BCUT2D eigenvalue weighted by atomic mass is 32.2. The molecule has 0 unspecified atom stereocenters. The lowest BCUT2D eigenvalue weighted by Crippen LogP contribution is -2.14. The molecule has 2 heterocycles. The van der Waals surface area contributed by atoms with Crippen LogP contribution in [0, 0.1) is 5.92 Å². The number of nitrogens with zero attached hydrogens (tertiary/aromatic N) is 3. The van der Waals surface area contributed by atoms with E-state index >= 15 is 0 Å². The van der Waals surface area contributed by atoms with Gasteiger partial charge < -0.3 is 4.57 Å². The molecule has 2 aromatic rings. The van der Waals surface area contributed by atoms with Crippen molar-refractivity contribution in [2.24, 2.45) is 13.0 Å². The van der Waals surface area contributed by atoms with E-state index in [4.69, 9.17) is 0 Å². The third kappa shape index (κ3) is 4.00. The minimum Gasteiger partial charge on any atom is -0.319 e. The Morgan fingerprint density at radius 1 is 1.41 bits per heavy atom. The molecule has 1 N–H and O–H groups in total. The van der Waals surface area contributed by atoms with Crippen molar-refractivity contribution in [3.8, 4) is 0 Å². The van der Waals surface area contributed by atoms with E-state index in [0.29, 0.717) is 0 Å². The molecule has 1 fully saturated rings. The van der Waals surface area contributed by atoms with Crippen molar-refractivity contribution in [1.82, 2.24) is 19.7 Å². The molecule has 0 radical (unpaired) electrons. The van der Waals surface area contributed by atoms with Crippen LogP contribution in [0.3, 0.4) is 0 Å². The number of hydrogen-bond acceptors (Lipinski definition) is 4. The van der Waals surface area contributed by atoms with Gasteiger partial charge in [-0.3, -0.25) is 9.89 Å². The fourth-order valence-corrected chi connectivity index (χ4v) is 3.68. The molecule has 0 aromatic carbocycles. The van der Waals surface area contributed by atoms with Crippen molar-refractivity contribution >= 4 is 11.8 Å². The van der Waals surface area contributed by atoms with Gasteiger partial charge in [0.2, 0.25) is 5.16 Å². The molecule has 0 saturated heterocycles.